The van der Waals surface area contributed by atoms with E-state index < -0.39 is 0 Å². The molecule has 3 aliphatic carbocycles. The van der Waals surface area contributed by atoms with Crippen LogP contribution in [0.3, 0.4) is 0 Å². The molecule has 3 saturated carbocycles. The summed E-state index contributed by atoms with van der Waals surface area (Å²) >= 11 is 0. The van der Waals surface area contributed by atoms with Crippen molar-refractivity contribution in [3.05, 3.63) is 10.1 Å². The second kappa shape index (κ2) is 8.16. The van der Waals surface area contributed by atoms with Crippen molar-refractivity contribution in [1.82, 2.24) is 4.90 Å². The zero-order valence-corrected chi connectivity index (χ0v) is 15.7. The third-order valence-electron chi connectivity index (χ3n) is 7.15. The second-order valence-corrected chi connectivity index (χ2v) is 9.03. The lowest BCUT2D eigenvalue weighted by Crippen LogP contribution is -2.54. The van der Waals surface area contributed by atoms with E-state index in [2.05, 4.69) is 18.7 Å². The summed E-state index contributed by atoms with van der Waals surface area (Å²) in [7, 11) is 0. The molecular weight excluding hydrogens is 300 g/mol. The molecule has 3 fully saturated rings. The summed E-state index contributed by atoms with van der Waals surface area (Å²) in [5, 5.41) is 11.3. The van der Waals surface area contributed by atoms with E-state index in [1.54, 1.807) is 0 Å². The molecular formula is C20H36N2O2. The van der Waals surface area contributed by atoms with Gasteiger partial charge in [-0.25, -0.2) is 0 Å². The molecule has 2 unspecified atom stereocenters. The minimum Gasteiger partial charge on any atom is -0.294 e. The Labute approximate surface area is 147 Å². The lowest BCUT2D eigenvalue weighted by molar-refractivity contribution is -0.527. The molecule has 3 aliphatic rings. The molecule has 0 radical (unpaired) electrons. The van der Waals surface area contributed by atoms with Gasteiger partial charge in [0.1, 0.15) is 0 Å². The van der Waals surface area contributed by atoms with Gasteiger partial charge in [0.05, 0.1) is 0 Å². The van der Waals surface area contributed by atoms with Crippen LogP contribution in [0.4, 0.5) is 0 Å². The molecule has 0 saturated heterocycles. The summed E-state index contributed by atoms with van der Waals surface area (Å²) in [6.07, 6.45) is 14.4. The Hall–Kier alpha value is -0.640. The first kappa shape index (κ1) is 18.2. The van der Waals surface area contributed by atoms with Crippen LogP contribution in [-0.4, -0.2) is 34.0 Å². The second-order valence-electron chi connectivity index (χ2n) is 9.03. The first-order valence-corrected chi connectivity index (χ1v) is 10.5. The maximum Gasteiger partial charge on any atom is 0.214 e. The van der Waals surface area contributed by atoms with Crippen molar-refractivity contribution in [2.24, 2.45) is 11.8 Å². The zero-order valence-electron chi connectivity index (χ0n) is 15.7. The van der Waals surface area contributed by atoms with E-state index in [4.69, 9.17) is 0 Å². The fraction of sp³-hybridized carbons (Fsp3) is 1.00. The van der Waals surface area contributed by atoms with Gasteiger partial charge < -0.3 is 0 Å². The van der Waals surface area contributed by atoms with Crippen LogP contribution in [0, 0.1) is 22.0 Å². The molecule has 4 nitrogen and oxygen atoms in total. The monoisotopic (exact) mass is 336 g/mol. The third-order valence-corrected chi connectivity index (χ3v) is 7.15. The van der Waals surface area contributed by atoms with E-state index in [1.165, 1.54) is 57.8 Å². The minimum absolute atomic E-state index is 0.00374. The quantitative estimate of drug-likeness (QED) is 0.534. The largest absolute Gasteiger partial charge is 0.294 e. The highest BCUT2D eigenvalue weighted by Crippen LogP contribution is 2.38. The smallest absolute Gasteiger partial charge is 0.214 e. The van der Waals surface area contributed by atoms with E-state index in [0.29, 0.717) is 18.1 Å². The summed E-state index contributed by atoms with van der Waals surface area (Å²) in [6.45, 7) is 4.76. The van der Waals surface area contributed by atoms with Crippen LogP contribution in [0.5, 0.6) is 0 Å². The zero-order chi connectivity index (χ0) is 17.1. The average molecular weight is 337 g/mol. The van der Waals surface area contributed by atoms with Crippen LogP contribution >= 0.6 is 0 Å². The fourth-order valence-electron chi connectivity index (χ4n) is 5.58. The predicted octanol–water partition coefficient (Wildman–Crippen LogP) is 5.03. The summed E-state index contributed by atoms with van der Waals surface area (Å²) in [4.78, 5) is 14.2. The number of hydrogen-bond donors (Lipinski definition) is 0. The lowest BCUT2D eigenvalue weighted by atomic mass is 9.79. The van der Waals surface area contributed by atoms with Crippen molar-refractivity contribution in [2.75, 3.05) is 0 Å². The number of hydrogen-bond acceptors (Lipinski definition) is 3. The normalized spacial score (nSPS) is 41.3. The van der Waals surface area contributed by atoms with Gasteiger partial charge in [0.15, 0.2) is 0 Å². The molecule has 0 amide bonds. The maximum atomic E-state index is 11.3. The van der Waals surface area contributed by atoms with Gasteiger partial charge in [-0.15, -0.1) is 0 Å². The molecule has 0 aromatic rings. The predicted molar refractivity (Wildman–Crippen MR) is 97.7 cm³/mol. The molecule has 24 heavy (non-hydrogen) atoms. The average Bonchev–Trinajstić information content (AvgIpc) is 2.59. The van der Waals surface area contributed by atoms with Crippen molar-refractivity contribution in [2.45, 2.75) is 115 Å². The summed E-state index contributed by atoms with van der Waals surface area (Å²) in [5.74, 6) is 1.74. The van der Waals surface area contributed by atoms with E-state index in [-0.39, 0.29) is 11.0 Å². The topological polar surface area (TPSA) is 46.4 Å². The van der Waals surface area contributed by atoms with Gasteiger partial charge in [-0.3, -0.25) is 15.0 Å². The highest BCUT2D eigenvalue weighted by atomic mass is 16.6. The molecule has 3 rings (SSSR count). The lowest BCUT2D eigenvalue weighted by Gasteiger charge is -2.48. The Bertz CT molecular complexity index is 390. The van der Waals surface area contributed by atoms with Crippen molar-refractivity contribution in [1.29, 1.82) is 0 Å². The Kier molecular flexibility index (Phi) is 6.17. The van der Waals surface area contributed by atoms with Crippen molar-refractivity contribution < 1.29 is 4.92 Å². The molecule has 0 heterocycles. The first-order valence-electron chi connectivity index (χ1n) is 10.5. The minimum atomic E-state index is -0.295. The fourth-order valence-corrected chi connectivity index (χ4v) is 5.58. The molecule has 4 heteroatoms. The Morgan fingerprint density at radius 2 is 1.25 bits per heavy atom. The number of rotatable bonds is 4. The van der Waals surface area contributed by atoms with Crippen molar-refractivity contribution in [3.63, 3.8) is 0 Å². The third kappa shape index (κ3) is 4.30. The van der Waals surface area contributed by atoms with E-state index in [1.807, 2.05) is 0 Å². The molecule has 0 bridgehead atoms. The highest BCUT2D eigenvalue weighted by molar-refractivity contribution is 4.92. The van der Waals surface area contributed by atoms with Gasteiger partial charge in [0, 0.05) is 35.9 Å². The van der Waals surface area contributed by atoms with E-state index in [9.17, 15) is 10.1 Å². The van der Waals surface area contributed by atoms with Crippen LogP contribution in [0.2, 0.25) is 0 Å². The maximum absolute atomic E-state index is 11.3. The van der Waals surface area contributed by atoms with Gasteiger partial charge in [-0.2, -0.15) is 0 Å². The van der Waals surface area contributed by atoms with Gasteiger partial charge in [-0.05, 0) is 76.0 Å². The van der Waals surface area contributed by atoms with E-state index in [0.717, 1.165) is 31.1 Å². The molecule has 138 valence electrons. The van der Waals surface area contributed by atoms with Crippen LogP contribution < -0.4 is 0 Å². The highest BCUT2D eigenvalue weighted by Gasteiger charge is 2.40. The summed E-state index contributed by atoms with van der Waals surface area (Å²) < 4.78 is 0. The number of nitro groups is 1. The molecule has 0 aliphatic heterocycles. The molecule has 0 aromatic carbocycles. The van der Waals surface area contributed by atoms with Crippen LogP contribution in [0.1, 0.15) is 90.9 Å². The first-order chi connectivity index (χ1) is 11.5. The number of nitrogens with zero attached hydrogens (tertiary/aromatic N) is 2. The van der Waals surface area contributed by atoms with Crippen molar-refractivity contribution in [3.8, 4) is 0 Å². The Morgan fingerprint density at radius 1 is 0.750 bits per heavy atom. The molecule has 2 atom stereocenters. The molecule has 0 spiro atoms. The van der Waals surface area contributed by atoms with Gasteiger partial charge in [-0.1, -0.05) is 13.8 Å². The summed E-state index contributed by atoms with van der Waals surface area (Å²) in [5.41, 5.74) is 0. The molecule has 0 aromatic heterocycles. The van der Waals surface area contributed by atoms with Gasteiger partial charge in [0.2, 0.25) is 6.04 Å². The SMILES string of the molecule is CC1CCC(N(C2CCC(C)CC2)C2CCCC([N+](=O)[O-])C2)CC1. The van der Waals surface area contributed by atoms with Crippen LogP contribution in [0.15, 0.2) is 0 Å². The standard InChI is InChI=1S/C20H36N2O2/c1-15-6-10-17(11-7-15)21(18-12-8-16(2)9-13-18)19-4-3-5-20(14-19)22(23)24/h15-20H,3-14H2,1-2H3. The molecule has 0 N–H and O–H groups in total. The van der Waals surface area contributed by atoms with Gasteiger partial charge >= 0.3 is 0 Å². The van der Waals surface area contributed by atoms with Crippen LogP contribution in [-0.2, 0) is 0 Å². The van der Waals surface area contributed by atoms with Crippen molar-refractivity contribution >= 4 is 0 Å². The van der Waals surface area contributed by atoms with Gasteiger partial charge in [0.25, 0.3) is 0 Å². The summed E-state index contributed by atoms with van der Waals surface area (Å²) in [6, 6.07) is 1.55. The van der Waals surface area contributed by atoms with E-state index >= 15 is 0 Å². The Balaban J connectivity index is 1.72. The van der Waals surface area contributed by atoms with Crippen LogP contribution in [0.25, 0.3) is 0 Å². The Morgan fingerprint density at radius 3 is 1.71 bits per heavy atom.